The number of hydrogen-bond donors (Lipinski definition) is 2. The van der Waals surface area contributed by atoms with E-state index < -0.39 is 11.9 Å². The van der Waals surface area contributed by atoms with Crippen LogP contribution in [0.15, 0.2) is 54.9 Å². The van der Waals surface area contributed by atoms with Crippen LogP contribution in [-0.2, 0) is 10.2 Å². The average Bonchev–Trinajstić information content (AvgIpc) is 3.60. The Morgan fingerprint density at radius 2 is 1.85 bits per heavy atom. The highest BCUT2D eigenvalue weighted by Gasteiger charge is 2.48. The van der Waals surface area contributed by atoms with E-state index in [4.69, 9.17) is 14.9 Å². The maximum atomic E-state index is 11.9. The number of benzene rings is 1. The normalized spacial score (nSPS) is 14.2. The van der Waals surface area contributed by atoms with Gasteiger partial charge in [0.05, 0.1) is 35.2 Å². The number of hydrogen-bond acceptors (Lipinski definition) is 7. The maximum absolute atomic E-state index is 11.9. The molecule has 1 amide bonds. The third-order valence-electron chi connectivity index (χ3n) is 6.10. The number of carbonyl (C=O) groups is 2. The van der Waals surface area contributed by atoms with Crippen molar-refractivity contribution in [2.24, 2.45) is 0 Å². The molecular formula is C24H21N5O4. The van der Waals surface area contributed by atoms with Crippen LogP contribution in [-0.4, -0.2) is 43.5 Å². The van der Waals surface area contributed by atoms with E-state index in [1.54, 1.807) is 42.1 Å². The van der Waals surface area contributed by atoms with Gasteiger partial charge in [-0.1, -0.05) is 12.1 Å². The molecule has 0 unspecified atom stereocenters. The fourth-order valence-electron chi connectivity index (χ4n) is 4.21. The Morgan fingerprint density at radius 3 is 2.52 bits per heavy atom. The molecule has 9 nitrogen and oxygen atoms in total. The smallest absolute Gasteiger partial charge is 0.338 e. The highest BCUT2D eigenvalue weighted by molar-refractivity contribution is 5.93. The Labute approximate surface area is 189 Å². The predicted molar refractivity (Wildman–Crippen MR) is 118 cm³/mol. The number of aryl methyl sites for hydroxylation is 1. The van der Waals surface area contributed by atoms with Gasteiger partial charge in [-0.15, -0.1) is 0 Å². The van der Waals surface area contributed by atoms with Gasteiger partial charge in [-0.2, -0.15) is 0 Å². The zero-order valence-corrected chi connectivity index (χ0v) is 18.1. The number of ether oxygens (including phenoxy) is 1. The summed E-state index contributed by atoms with van der Waals surface area (Å²) < 4.78 is 6.70. The molecule has 1 saturated carbocycles. The van der Waals surface area contributed by atoms with Crippen LogP contribution < -0.4 is 5.48 Å². The molecule has 1 aliphatic rings. The number of nitrogens with zero attached hydrogens (tertiary/aromatic N) is 4. The highest BCUT2D eigenvalue weighted by atomic mass is 16.5. The standard InChI is InChI=1S/C24H21N5O4/c1-14-20(29-12-8-16(22(31)33-2)13-19(29)26-14)18-7-11-25-23(27-18)24(9-10-24)17-5-3-15(4-6-17)21(30)28-32/h3-8,11-13,32H,9-10H2,1-2H3,(H,28,30). The van der Waals surface area contributed by atoms with Crippen molar-refractivity contribution in [3.63, 3.8) is 0 Å². The Kier molecular flexibility index (Phi) is 4.90. The van der Waals surface area contributed by atoms with E-state index in [1.807, 2.05) is 29.5 Å². The Morgan fingerprint density at radius 1 is 1.09 bits per heavy atom. The van der Waals surface area contributed by atoms with Crippen LogP contribution in [0.2, 0.25) is 0 Å². The van der Waals surface area contributed by atoms with Crippen LogP contribution in [0, 0.1) is 6.92 Å². The summed E-state index contributed by atoms with van der Waals surface area (Å²) >= 11 is 0. The molecule has 33 heavy (non-hydrogen) atoms. The lowest BCUT2D eigenvalue weighted by Gasteiger charge is -2.16. The number of hydroxylamine groups is 1. The van der Waals surface area contributed by atoms with Crippen LogP contribution in [0.1, 0.15) is 50.6 Å². The molecule has 0 bridgehead atoms. The molecule has 0 radical (unpaired) electrons. The third-order valence-corrected chi connectivity index (χ3v) is 6.10. The molecule has 1 fully saturated rings. The number of fused-ring (bicyclic) bond motifs is 1. The first kappa shape index (κ1) is 20.8. The number of esters is 1. The van der Waals surface area contributed by atoms with Gasteiger partial charge < -0.3 is 4.74 Å². The van der Waals surface area contributed by atoms with Crippen molar-refractivity contribution in [3.8, 4) is 11.4 Å². The molecule has 9 heteroatoms. The molecule has 2 N–H and O–H groups in total. The first-order valence-corrected chi connectivity index (χ1v) is 10.4. The summed E-state index contributed by atoms with van der Waals surface area (Å²) in [6.45, 7) is 1.90. The van der Waals surface area contributed by atoms with E-state index in [1.165, 1.54) is 7.11 Å². The average molecular weight is 443 g/mol. The molecule has 0 aliphatic heterocycles. The van der Waals surface area contributed by atoms with Gasteiger partial charge in [0.1, 0.15) is 11.5 Å². The van der Waals surface area contributed by atoms with Crippen molar-refractivity contribution in [2.75, 3.05) is 7.11 Å². The Balaban J connectivity index is 1.54. The lowest BCUT2D eigenvalue weighted by Crippen LogP contribution is -2.19. The lowest BCUT2D eigenvalue weighted by molar-refractivity contribution is 0.0600. The molecule has 1 aliphatic carbocycles. The molecule has 0 spiro atoms. The molecule has 4 aromatic rings. The monoisotopic (exact) mass is 443 g/mol. The summed E-state index contributed by atoms with van der Waals surface area (Å²) in [6, 6.07) is 12.3. The van der Waals surface area contributed by atoms with Gasteiger partial charge in [0, 0.05) is 18.0 Å². The van der Waals surface area contributed by atoms with E-state index >= 15 is 0 Å². The summed E-state index contributed by atoms with van der Waals surface area (Å²) in [4.78, 5) is 37.6. The number of amides is 1. The molecule has 166 valence electrons. The molecule has 1 aromatic carbocycles. The second-order valence-corrected chi connectivity index (χ2v) is 8.05. The minimum Gasteiger partial charge on any atom is -0.465 e. The zero-order chi connectivity index (χ0) is 23.2. The van der Waals surface area contributed by atoms with Gasteiger partial charge in [-0.05, 0) is 55.7 Å². The number of methoxy groups -OCH3 is 1. The third kappa shape index (κ3) is 3.42. The van der Waals surface area contributed by atoms with Gasteiger partial charge in [0.2, 0.25) is 0 Å². The number of pyridine rings is 1. The van der Waals surface area contributed by atoms with Crippen molar-refractivity contribution in [3.05, 3.63) is 83.1 Å². The van der Waals surface area contributed by atoms with Gasteiger partial charge in [-0.25, -0.2) is 25.2 Å². The topological polar surface area (TPSA) is 119 Å². The number of rotatable bonds is 5. The summed E-state index contributed by atoms with van der Waals surface area (Å²) in [5.74, 6) is -0.259. The van der Waals surface area contributed by atoms with E-state index in [0.717, 1.165) is 35.5 Å². The summed E-state index contributed by atoms with van der Waals surface area (Å²) in [5.41, 5.74) is 6.14. The summed E-state index contributed by atoms with van der Waals surface area (Å²) in [5, 5.41) is 8.83. The van der Waals surface area contributed by atoms with E-state index in [0.29, 0.717) is 22.6 Å². The number of nitrogens with one attached hydrogen (secondary N) is 1. The minimum atomic E-state index is -0.553. The zero-order valence-electron chi connectivity index (χ0n) is 18.1. The number of aromatic nitrogens is 4. The van der Waals surface area contributed by atoms with Crippen molar-refractivity contribution in [1.29, 1.82) is 0 Å². The second-order valence-electron chi connectivity index (χ2n) is 8.05. The number of carbonyl (C=O) groups excluding carboxylic acids is 2. The summed E-state index contributed by atoms with van der Waals surface area (Å²) in [6.07, 6.45) is 5.33. The van der Waals surface area contributed by atoms with Crippen LogP contribution in [0.5, 0.6) is 0 Å². The second kappa shape index (κ2) is 7.79. The largest absolute Gasteiger partial charge is 0.465 e. The van der Waals surface area contributed by atoms with Gasteiger partial charge >= 0.3 is 5.97 Å². The minimum absolute atomic E-state index is 0.309. The molecule has 3 aromatic heterocycles. The Hall–Kier alpha value is -4.11. The molecule has 0 saturated heterocycles. The van der Waals surface area contributed by atoms with Crippen LogP contribution >= 0.6 is 0 Å². The van der Waals surface area contributed by atoms with Gasteiger partial charge in [0.25, 0.3) is 5.91 Å². The molecule has 5 rings (SSSR count). The fourth-order valence-corrected chi connectivity index (χ4v) is 4.21. The van der Waals surface area contributed by atoms with Crippen LogP contribution in [0.4, 0.5) is 0 Å². The number of imidazole rings is 1. The van der Waals surface area contributed by atoms with Crippen molar-refractivity contribution in [2.45, 2.75) is 25.2 Å². The first-order chi connectivity index (χ1) is 16.0. The van der Waals surface area contributed by atoms with Crippen LogP contribution in [0.25, 0.3) is 17.0 Å². The lowest BCUT2D eigenvalue weighted by atomic mass is 9.93. The Bertz CT molecular complexity index is 1390. The molecule has 3 heterocycles. The summed E-state index contributed by atoms with van der Waals surface area (Å²) in [7, 11) is 1.35. The van der Waals surface area contributed by atoms with Gasteiger partial charge in [0.15, 0.2) is 0 Å². The fraction of sp³-hybridized carbons (Fsp3) is 0.208. The maximum Gasteiger partial charge on any atom is 0.338 e. The quantitative estimate of drug-likeness (QED) is 0.276. The van der Waals surface area contributed by atoms with E-state index in [9.17, 15) is 9.59 Å². The molecule has 0 atom stereocenters. The van der Waals surface area contributed by atoms with Gasteiger partial charge in [-0.3, -0.25) is 14.4 Å². The van der Waals surface area contributed by atoms with Crippen LogP contribution in [0.3, 0.4) is 0 Å². The van der Waals surface area contributed by atoms with Crippen molar-refractivity contribution >= 4 is 17.5 Å². The van der Waals surface area contributed by atoms with E-state index in [-0.39, 0.29) is 5.41 Å². The van der Waals surface area contributed by atoms with Crippen molar-refractivity contribution < 1.29 is 19.5 Å². The highest BCUT2D eigenvalue weighted by Crippen LogP contribution is 2.52. The first-order valence-electron chi connectivity index (χ1n) is 10.4. The van der Waals surface area contributed by atoms with E-state index in [2.05, 4.69) is 9.97 Å². The molecular weight excluding hydrogens is 422 g/mol. The van der Waals surface area contributed by atoms with Crippen molar-refractivity contribution in [1.82, 2.24) is 24.8 Å². The predicted octanol–water partition coefficient (Wildman–Crippen LogP) is 3.09. The SMILES string of the molecule is COC(=O)c1ccn2c(-c3ccnc(C4(c5ccc(C(=O)NO)cc5)CC4)n3)c(C)nc2c1.